The van der Waals surface area contributed by atoms with E-state index < -0.39 is 10.0 Å². The number of rotatable bonds is 5. The first-order valence-corrected chi connectivity index (χ1v) is 8.45. The first kappa shape index (κ1) is 15.0. The Morgan fingerprint density at radius 2 is 1.85 bits per heavy atom. The van der Waals surface area contributed by atoms with Crippen LogP contribution in [0.4, 0.5) is 0 Å². The highest BCUT2D eigenvalue weighted by Crippen LogP contribution is 2.20. The largest absolute Gasteiger partial charge is 0.387 e. The third kappa shape index (κ3) is 3.80. The molecule has 6 heteroatoms. The second-order valence-corrected chi connectivity index (χ2v) is 7.27. The van der Waals surface area contributed by atoms with Crippen molar-refractivity contribution in [3.8, 4) is 0 Å². The van der Waals surface area contributed by atoms with Gasteiger partial charge in [-0.15, -0.1) is 0 Å². The topological polar surface area (TPSA) is 87.2 Å². The van der Waals surface area contributed by atoms with E-state index in [0.717, 1.165) is 5.56 Å². The van der Waals surface area contributed by atoms with Gasteiger partial charge in [0.25, 0.3) is 0 Å². The van der Waals surface area contributed by atoms with Crippen LogP contribution >= 0.6 is 0 Å². The van der Waals surface area contributed by atoms with E-state index in [1.54, 1.807) is 0 Å². The summed E-state index contributed by atoms with van der Waals surface area (Å²) in [7, 11) is -3.21. The number of hydrogen-bond donors (Lipinski definition) is 2. The fourth-order valence-electron chi connectivity index (χ4n) is 2.47. The quantitative estimate of drug-likeness (QED) is 0.632. The van der Waals surface area contributed by atoms with E-state index >= 15 is 0 Å². The highest BCUT2D eigenvalue weighted by Gasteiger charge is 2.28. The van der Waals surface area contributed by atoms with E-state index in [1.165, 1.54) is 4.31 Å². The molecular weight excluding hydrogens is 274 g/mol. The summed E-state index contributed by atoms with van der Waals surface area (Å²) in [5.74, 6) is 0.351. The molecule has 1 aromatic carbocycles. The summed E-state index contributed by atoms with van der Waals surface area (Å²) in [4.78, 5) is 0. The Morgan fingerprint density at radius 1 is 1.25 bits per heavy atom. The van der Waals surface area contributed by atoms with Crippen molar-refractivity contribution in [1.82, 2.24) is 4.31 Å². The molecule has 0 spiro atoms. The van der Waals surface area contributed by atoms with Gasteiger partial charge in [-0.05, 0) is 24.8 Å². The number of nitrogens with one attached hydrogen (secondary N) is 1. The molecule has 110 valence electrons. The second-order valence-electron chi connectivity index (χ2n) is 5.18. The van der Waals surface area contributed by atoms with Gasteiger partial charge in [-0.25, -0.2) is 12.7 Å². The molecular formula is C14H21N3O2S. The number of benzene rings is 1. The van der Waals surface area contributed by atoms with E-state index in [2.05, 4.69) is 0 Å². The maximum atomic E-state index is 12.3. The molecule has 20 heavy (non-hydrogen) atoms. The van der Waals surface area contributed by atoms with Crippen molar-refractivity contribution in [1.29, 1.82) is 5.41 Å². The van der Waals surface area contributed by atoms with Crippen LogP contribution in [-0.2, 0) is 16.4 Å². The zero-order valence-corrected chi connectivity index (χ0v) is 12.3. The van der Waals surface area contributed by atoms with Crippen molar-refractivity contribution in [2.45, 2.75) is 19.3 Å². The molecule has 0 aliphatic carbocycles. The Balaban J connectivity index is 1.90. The SMILES string of the molecule is N=C(N)C1CCN(S(=O)(=O)CCc2ccccc2)CC1. The molecule has 1 aromatic rings. The Kier molecular flexibility index (Phi) is 4.77. The van der Waals surface area contributed by atoms with Crippen molar-refractivity contribution < 1.29 is 8.42 Å². The van der Waals surface area contributed by atoms with Gasteiger partial charge in [-0.3, -0.25) is 5.41 Å². The lowest BCUT2D eigenvalue weighted by Crippen LogP contribution is -2.42. The number of amidine groups is 1. The third-order valence-electron chi connectivity index (χ3n) is 3.78. The van der Waals surface area contributed by atoms with Crippen LogP contribution in [0.25, 0.3) is 0 Å². The van der Waals surface area contributed by atoms with Crippen molar-refractivity contribution in [3.05, 3.63) is 35.9 Å². The summed E-state index contributed by atoms with van der Waals surface area (Å²) in [5, 5.41) is 7.41. The maximum Gasteiger partial charge on any atom is 0.214 e. The molecule has 0 amide bonds. The fraction of sp³-hybridized carbons (Fsp3) is 0.500. The van der Waals surface area contributed by atoms with E-state index in [1.807, 2.05) is 30.3 Å². The van der Waals surface area contributed by atoms with Crippen LogP contribution < -0.4 is 5.73 Å². The van der Waals surface area contributed by atoms with Gasteiger partial charge in [0.05, 0.1) is 11.6 Å². The molecule has 0 aromatic heterocycles. The number of piperidine rings is 1. The van der Waals surface area contributed by atoms with Gasteiger partial charge in [-0.1, -0.05) is 30.3 Å². The molecule has 0 radical (unpaired) electrons. The van der Waals surface area contributed by atoms with E-state index in [4.69, 9.17) is 11.1 Å². The van der Waals surface area contributed by atoms with Crippen LogP contribution in [0.3, 0.4) is 0 Å². The van der Waals surface area contributed by atoms with Gasteiger partial charge in [0.15, 0.2) is 0 Å². The fourth-order valence-corrected chi connectivity index (χ4v) is 3.98. The molecule has 1 aliphatic heterocycles. The number of aryl methyl sites for hydroxylation is 1. The molecule has 1 fully saturated rings. The zero-order valence-electron chi connectivity index (χ0n) is 11.5. The van der Waals surface area contributed by atoms with Gasteiger partial charge in [0.2, 0.25) is 10.0 Å². The number of nitrogens with zero attached hydrogens (tertiary/aromatic N) is 1. The van der Waals surface area contributed by atoms with Crippen LogP contribution in [0.15, 0.2) is 30.3 Å². The van der Waals surface area contributed by atoms with Crippen molar-refractivity contribution in [3.63, 3.8) is 0 Å². The number of nitrogens with two attached hydrogens (primary N) is 1. The minimum absolute atomic E-state index is 0.0376. The van der Waals surface area contributed by atoms with Crippen LogP contribution in [0.1, 0.15) is 18.4 Å². The Bertz CT molecular complexity index is 549. The van der Waals surface area contributed by atoms with E-state index in [-0.39, 0.29) is 17.5 Å². The normalized spacial score (nSPS) is 18.0. The van der Waals surface area contributed by atoms with Crippen molar-refractivity contribution in [2.75, 3.05) is 18.8 Å². The maximum absolute atomic E-state index is 12.3. The summed E-state index contributed by atoms with van der Waals surface area (Å²) in [5.41, 5.74) is 6.51. The monoisotopic (exact) mass is 295 g/mol. The molecule has 1 saturated heterocycles. The van der Waals surface area contributed by atoms with Gasteiger partial charge < -0.3 is 5.73 Å². The minimum Gasteiger partial charge on any atom is -0.387 e. The Morgan fingerprint density at radius 3 is 2.40 bits per heavy atom. The lowest BCUT2D eigenvalue weighted by Gasteiger charge is -2.30. The summed E-state index contributed by atoms with van der Waals surface area (Å²) >= 11 is 0. The Labute approximate surface area is 120 Å². The minimum atomic E-state index is -3.21. The lowest BCUT2D eigenvalue weighted by molar-refractivity contribution is 0.314. The average Bonchev–Trinajstić information content (AvgIpc) is 2.46. The van der Waals surface area contributed by atoms with Gasteiger partial charge in [-0.2, -0.15) is 0 Å². The smallest absolute Gasteiger partial charge is 0.214 e. The van der Waals surface area contributed by atoms with Gasteiger partial charge >= 0.3 is 0 Å². The first-order chi connectivity index (χ1) is 9.49. The number of hydrogen-bond acceptors (Lipinski definition) is 3. The van der Waals surface area contributed by atoms with Crippen LogP contribution in [0, 0.1) is 11.3 Å². The third-order valence-corrected chi connectivity index (χ3v) is 5.65. The molecule has 3 N–H and O–H groups in total. The summed E-state index contributed by atoms with van der Waals surface area (Å²) < 4.78 is 26.1. The zero-order chi connectivity index (χ0) is 14.6. The standard InChI is InChI=1S/C14H21N3O2S/c15-14(16)13-6-9-17(10-7-13)20(18,19)11-8-12-4-2-1-3-5-12/h1-5,13H,6-11H2,(H3,15,16). The van der Waals surface area contributed by atoms with Crippen LogP contribution in [0.2, 0.25) is 0 Å². The molecule has 1 aliphatic rings. The molecule has 2 rings (SSSR count). The first-order valence-electron chi connectivity index (χ1n) is 6.85. The van der Waals surface area contributed by atoms with E-state index in [0.29, 0.717) is 32.4 Å². The summed E-state index contributed by atoms with van der Waals surface area (Å²) in [6, 6.07) is 9.64. The number of sulfonamides is 1. The van der Waals surface area contributed by atoms with E-state index in [9.17, 15) is 8.42 Å². The van der Waals surface area contributed by atoms with Gasteiger partial charge in [0.1, 0.15) is 0 Å². The lowest BCUT2D eigenvalue weighted by atomic mass is 9.97. The van der Waals surface area contributed by atoms with Crippen molar-refractivity contribution >= 4 is 15.9 Å². The highest BCUT2D eigenvalue weighted by molar-refractivity contribution is 7.89. The molecule has 1 heterocycles. The predicted octanol–water partition coefficient (Wildman–Crippen LogP) is 1.21. The van der Waals surface area contributed by atoms with Crippen LogP contribution in [-0.4, -0.2) is 37.4 Å². The van der Waals surface area contributed by atoms with Crippen LogP contribution in [0.5, 0.6) is 0 Å². The summed E-state index contributed by atoms with van der Waals surface area (Å²) in [6.45, 7) is 0.947. The highest BCUT2D eigenvalue weighted by atomic mass is 32.2. The molecule has 0 atom stereocenters. The Hall–Kier alpha value is -1.40. The van der Waals surface area contributed by atoms with Crippen molar-refractivity contribution in [2.24, 2.45) is 11.7 Å². The second kappa shape index (κ2) is 6.37. The molecule has 5 nitrogen and oxygen atoms in total. The summed E-state index contributed by atoms with van der Waals surface area (Å²) in [6.07, 6.45) is 1.84. The molecule has 0 unspecified atom stereocenters. The van der Waals surface area contributed by atoms with Gasteiger partial charge in [0, 0.05) is 19.0 Å². The average molecular weight is 295 g/mol. The predicted molar refractivity (Wildman–Crippen MR) is 80.1 cm³/mol. The molecule has 0 saturated carbocycles. The molecule has 0 bridgehead atoms.